The van der Waals surface area contributed by atoms with E-state index in [4.69, 9.17) is 15.2 Å². The highest BCUT2D eigenvalue weighted by molar-refractivity contribution is 7.89. The van der Waals surface area contributed by atoms with Gasteiger partial charge in [0.15, 0.2) is 0 Å². The second-order valence-electron chi connectivity index (χ2n) is 4.00. The van der Waals surface area contributed by atoms with Gasteiger partial charge in [-0.25, -0.2) is 13.1 Å². The number of hydrogen-bond acceptors (Lipinski definition) is 5. The molecule has 6 nitrogen and oxygen atoms in total. The fourth-order valence-corrected chi connectivity index (χ4v) is 2.71. The average Bonchev–Trinajstić information content (AvgIpc) is 2.42. The van der Waals surface area contributed by atoms with Gasteiger partial charge in [-0.3, -0.25) is 0 Å². The quantitative estimate of drug-likeness (QED) is 0.405. The Hall–Kier alpha value is -1.57. The number of hydrogen-bond donors (Lipinski definition) is 2. The summed E-state index contributed by atoms with van der Waals surface area (Å²) in [7, 11) is -2.27. The Balaban J connectivity index is 2.64. The normalized spacial score (nSPS) is 11.2. The molecule has 0 atom stereocenters. The zero-order valence-corrected chi connectivity index (χ0v) is 12.3. The third-order valence-electron chi connectivity index (χ3n) is 2.48. The Kier molecular flexibility index (Phi) is 6.50. The van der Waals surface area contributed by atoms with Crippen molar-refractivity contribution in [1.29, 1.82) is 0 Å². The summed E-state index contributed by atoms with van der Waals surface area (Å²) in [6.07, 6.45) is 2.47. The molecule has 0 aromatic heterocycles. The van der Waals surface area contributed by atoms with Crippen LogP contribution in [0, 0.1) is 0 Å². The number of ether oxygens (including phenoxy) is 2. The minimum atomic E-state index is -3.67. The molecule has 0 aliphatic rings. The smallest absolute Gasteiger partial charge is 0.244 e. The third kappa shape index (κ3) is 4.84. The largest absolute Gasteiger partial charge is 0.495 e. The van der Waals surface area contributed by atoms with E-state index in [0.29, 0.717) is 12.3 Å². The van der Waals surface area contributed by atoms with Crippen LogP contribution >= 0.6 is 0 Å². The van der Waals surface area contributed by atoms with Crippen molar-refractivity contribution < 1.29 is 17.9 Å². The summed E-state index contributed by atoms with van der Waals surface area (Å²) < 4.78 is 37.0. The van der Waals surface area contributed by atoms with Gasteiger partial charge in [0.2, 0.25) is 10.0 Å². The van der Waals surface area contributed by atoms with E-state index in [1.807, 2.05) is 0 Å². The Morgan fingerprint density at radius 2 is 2.15 bits per heavy atom. The van der Waals surface area contributed by atoms with Crippen LogP contribution < -0.4 is 15.2 Å². The lowest BCUT2D eigenvalue weighted by Gasteiger charge is -2.11. The van der Waals surface area contributed by atoms with Gasteiger partial charge in [-0.15, -0.1) is 6.58 Å². The zero-order chi connectivity index (χ0) is 15.0. The number of nitrogen functional groups attached to an aromatic ring is 1. The lowest BCUT2D eigenvalue weighted by molar-refractivity contribution is 0.144. The average molecular weight is 300 g/mol. The van der Waals surface area contributed by atoms with Crippen molar-refractivity contribution in [2.75, 3.05) is 32.6 Å². The monoisotopic (exact) mass is 300 g/mol. The maximum absolute atomic E-state index is 12.1. The molecule has 0 fully saturated rings. The predicted octanol–water partition coefficient (Wildman–Crippen LogP) is 1.15. The molecule has 112 valence electrons. The van der Waals surface area contributed by atoms with Gasteiger partial charge in [0.05, 0.1) is 20.3 Å². The van der Waals surface area contributed by atoms with Gasteiger partial charge in [-0.05, 0) is 24.6 Å². The lowest BCUT2D eigenvalue weighted by Crippen LogP contribution is -2.28. The number of rotatable bonds is 9. The van der Waals surface area contributed by atoms with Gasteiger partial charge in [-0.1, -0.05) is 6.08 Å². The summed E-state index contributed by atoms with van der Waals surface area (Å²) >= 11 is 0. The molecule has 0 spiro atoms. The maximum atomic E-state index is 12.1. The van der Waals surface area contributed by atoms with E-state index in [1.54, 1.807) is 12.1 Å². The molecule has 20 heavy (non-hydrogen) atoms. The first-order valence-corrected chi connectivity index (χ1v) is 7.61. The van der Waals surface area contributed by atoms with Crippen LogP contribution in [0.5, 0.6) is 5.75 Å². The summed E-state index contributed by atoms with van der Waals surface area (Å²) in [5.41, 5.74) is 5.96. The van der Waals surface area contributed by atoms with Gasteiger partial charge in [-0.2, -0.15) is 0 Å². The molecule has 3 N–H and O–H groups in total. The maximum Gasteiger partial charge on any atom is 0.244 e. The highest BCUT2D eigenvalue weighted by Gasteiger charge is 2.19. The molecule has 7 heteroatoms. The van der Waals surface area contributed by atoms with Crippen molar-refractivity contribution in [3.05, 3.63) is 30.9 Å². The Labute approximate surface area is 119 Å². The first-order valence-electron chi connectivity index (χ1n) is 6.13. The van der Waals surface area contributed by atoms with E-state index >= 15 is 0 Å². The van der Waals surface area contributed by atoms with Crippen molar-refractivity contribution in [3.8, 4) is 5.75 Å². The molecule has 0 unspecified atom stereocenters. The standard InChI is InChI=1S/C13H20N2O4S/c1-3-4-8-19-9-7-15-20(16,17)13-10-11(14)5-6-12(13)18-2/h3,5-6,10,15H,1,4,7-9,14H2,2H3. The molecule has 1 aromatic rings. The highest BCUT2D eigenvalue weighted by atomic mass is 32.2. The molecule has 0 saturated heterocycles. The molecule has 0 saturated carbocycles. The number of anilines is 1. The molecule has 1 aromatic carbocycles. The molecule has 0 radical (unpaired) electrons. The molecule has 1 rings (SSSR count). The molecule has 0 amide bonds. The Morgan fingerprint density at radius 1 is 1.40 bits per heavy atom. The van der Waals surface area contributed by atoms with Crippen LogP contribution in [0.1, 0.15) is 6.42 Å². The molecular weight excluding hydrogens is 280 g/mol. The molecule has 0 aliphatic carbocycles. The summed E-state index contributed by atoms with van der Waals surface area (Å²) in [5.74, 6) is 0.249. The SMILES string of the molecule is C=CCCOCCNS(=O)(=O)c1cc(N)ccc1OC. The van der Waals surface area contributed by atoms with E-state index in [1.165, 1.54) is 19.2 Å². The second-order valence-corrected chi connectivity index (χ2v) is 5.73. The van der Waals surface area contributed by atoms with E-state index < -0.39 is 10.0 Å². The summed E-state index contributed by atoms with van der Waals surface area (Å²) in [6, 6.07) is 4.46. The van der Waals surface area contributed by atoms with Gasteiger partial charge >= 0.3 is 0 Å². The van der Waals surface area contributed by atoms with Crippen LogP contribution in [0.4, 0.5) is 5.69 Å². The fourth-order valence-electron chi connectivity index (χ4n) is 1.50. The number of sulfonamides is 1. The second kappa shape index (κ2) is 7.88. The van der Waals surface area contributed by atoms with Crippen molar-refractivity contribution in [1.82, 2.24) is 4.72 Å². The molecular formula is C13H20N2O4S. The van der Waals surface area contributed by atoms with Crippen LogP contribution in [0.3, 0.4) is 0 Å². The van der Waals surface area contributed by atoms with Crippen LogP contribution in [-0.4, -0.2) is 35.3 Å². The number of methoxy groups -OCH3 is 1. The number of benzene rings is 1. The van der Waals surface area contributed by atoms with Crippen LogP contribution in [0.2, 0.25) is 0 Å². The predicted molar refractivity (Wildman–Crippen MR) is 78.2 cm³/mol. The Bertz CT molecular complexity index is 543. The van der Waals surface area contributed by atoms with Crippen molar-refractivity contribution >= 4 is 15.7 Å². The van der Waals surface area contributed by atoms with Crippen molar-refractivity contribution in [2.45, 2.75) is 11.3 Å². The lowest BCUT2D eigenvalue weighted by atomic mass is 10.3. The highest BCUT2D eigenvalue weighted by Crippen LogP contribution is 2.25. The van der Waals surface area contributed by atoms with Gasteiger partial charge in [0.1, 0.15) is 10.6 Å². The molecule has 0 aliphatic heterocycles. The van der Waals surface area contributed by atoms with Crippen molar-refractivity contribution in [2.24, 2.45) is 0 Å². The minimum Gasteiger partial charge on any atom is -0.495 e. The van der Waals surface area contributed by atoms with E-state index in [9.17, 15) is 8.42 Å². The van der Waals surface area contributed by atoms with Crippen LogP contribution in [0.25, 0.3) is 0 Å². The summed E-state index contributed by atoms with van der Waals surface area (Å²) in [6.45, 7) is 4.56. The van der Waals surface area contributed by atoms with Gasteiger partial charge < -0.3 is 15.2 Å². The summed E-state index contributed by atoms with van der Waals surface area (Å²) in [5, 5.41) is 0. The first kappa shape index (κ1) is 16.5. The van der Waals surface area contributed by atoms with Gasteiger partial charge in [0, 0.05) is 12.2 Å². The number of nitrogens with one attached hydrogen (secondary N) is 1. The minimum absolute atomic E-state index is 0.0195. The topological polar surface area (TPSA) is 90.7 Å². The molecule has 0 heterocycles. The van der Waals surface area contributed by atoms with E-state index in [0.717, 1.165) is 6.42 Å². The Morgan fingerprint density at radius 3 is 2.80 bits per heavy atom. The van der Waals surface area contributed by atoms with E-state index in [2.05, 4.69) is 11.3 Å². The van der Waals surface area contributed by atoms with Crippen LogP contribution in [-0.2, 0) is 14.8 Å². The number of nitrogens with two attached hydrogens (primary N) is 1. The van der Waals surface area contributed by atoms with Gasteiger partial charge in [0.25, 0.3) is 0 Å². The molecule has 0 bridgehead atoms. The van der Waals surface area contributed by atoms with Crippen molar-refractivity contribution in [3.63, 3.8) is 0 Å². The van der Waals surface area contributed by atoms with Crippen LogP contribution in [0.15, 0.2) is 35.7 Å². The van der Waals surface area contributed by atoms with E-state index in [-0.39, 0.29) is 23.8 Å². The summed E-state index contributed by atoms with van der Waals surface area (Å²) in [4.78, 5) is 0.0195. The zero-order valence-electron chi connectivity index (χ0n) is 11.5. The fraction of sp³-hybridized carbons (Fsp3) is 0.385. The first-order chi connectivity index (χ1) is 9.51. The third-order valence-corrected chi connectivity index (χ3v) is 3.96.